The lowest BCUT2D eigenvalue weighted by atomic mass is 10.0. The number of ether oxygens (including phenoxy) is 1. The van der Waals surface area contributed by atoms with Crippen LogP contribution in [0.25, 0.3) is 0 Å². The number of carbonyl (C=O) groups excluding carboxylic acids is 1. The highest BCUT2D eigenvalue weighted by molar-refractivity contribution is 5.76. The largest absolute Gasteiger partial charge is 0.497 e. The average molecular weight is 292 g/mol. The summed E-state index contributed by atoms with van der Waals surface area (Å²) in [7, 11) is 3.50. The lowest BCUT2D eigenvalue weighted by molar-refractivity contribution is -0.129. The van der Waals surface area contributed by atoms with Crippen molar-refractivity contribution in [2.45, 2.75) is 39.2 Å². The SMILES string of the molecule is COc1cccc(CCC(=O)N(C)CCC(N)C(C)C)c1. The van der Waals surface area contributed by atoms with Crippen LogP contribution >= 0.6 is 0 Å². The topological polar surface area (TPSA) is 55.6 Å². The van der Waals surface area contributed by atoms with Gasteiger partial charge in [0.25, 0.3) is 0 Å². The highest BCUT2D eigenvalue weighted by atomic mass is 16.5. The van der Waals surface area contributed by atoms with Gasteiger partial charge < -0.3 is 15.4 Å². The van der Waals surface area contributed by atoms with Gasteiger partial charge in [0, 0.05) is 26.1 Å². The fourth-order valence-electron chi connectivity index (χ4n) is 2.07. The Hall–Kier alpha value is -1.55. The molecule has 1 amide bonds. The van der Waals surface area contributed by atoms with Gasteiger partial charge in [0.05, 0.1) is 7.11 Å². The Balaban J connectivity index is 2.38. The second kappa shape index (κ2) is 8.67. The third kappa shape index (κ3) is 6.17. The molecule has 4 nitrogen and oxygen atoms in total. The number of rotatable bonds is 8. The van der Waals surface area contributed by atoms with Crippen LogP contribution in [-0.4, -0.2) is 37.6 Å². The van der Waals surface area contributed by atoms with E-state index in [1.54, 1.807) is 12.0 Å². The van der Waals surface area contributed by atoms with Crippen LogP contribution in [0.2, 0.25) is 0 Å². The summed E-state index contributed by atoms with van der Waals surface area (Å²) < 4.78 is 5.19. The number of methoxy groups -OCH3 is 1. The number of hydrogen-bond donors (Lipinski definition) is 1. The fourth-order valence-corrected chi connectivity index (χ4v) is 2.07. The smallest absolute Gasteiger partial charge is 0.222 e. The minimum absolute atomic E-state index is 0.152. The van der Waals surface area contributed by atoms with E-state index in [0.29, 0.717) is 12.3 Å². The summed E-state index contributed by atoms with van der Waals surface area (Å²) in [4.78, 5) is 13.9. The van der Waals surface area contributed by atoms with E-state index in [2.05, 4.69) is 13.8 Å². The monoisotopic (exact) mass is 292 g/mol. The molecule has 0 heterocycles. The lowest BCUT2D eigenvalue weighted by Crippen LogP contribution is -2.34. The van der Waals surface area contributed by atoms with Gasteiger partial charge in [-0.2, -0.15) is 0 Å². The minimum Gasteiger partial charge on any atom is -0.497 e. The van der Waals surface area contributed by atoms with E-state index < -0.39 is 0 Å². The van der Waals surface area contributed by atoms with Crippen LogP contribution in [0.1, 0.15) is 32.3 Å². The predicted molar refractivity (Wildman–Crippen MR) is 86.4 cm³/mol. The maximum absolute atomic E-state index is 12.1. The van der Waals surface area contributed by atoms with Crippen LogP contribution in [0.5, 0.6) is 5.75 Å². The number of amides is 1. The van der Waals surface area contributed by atoms with Crippen LogP contribution in [0.3, 0.4) is 0 Å². The van der Waals surface area contributed by atoms with Crippen molar-refractivity contribution < 1.29 is 9.53 Å². The average Bonchev–Trinajstić information content (AvgIpc) is 2.49. The molecule has 118 valence electrons. The Morgan fingerprint density at radius 1 is 1.38 bits per heavy atom. The van der Waals surface area contributed by atoms with Crippen molar-refractivity contribution in [3.63, 3.8) is 0 Å². The van der Waals surface area contributed by atoms with Crippen molar-refractivity contribution in [1.82, 2.24) is 4.90 Å². The van der Waals surface area contributed by atoms with E-state index in [1.165, 1.54) is 0 Å². The Labute approximate surface area is 128 Å². The fraction of sp³-hybridized carbons (Fsp3) is 0.588. The first kappa shape index (κ1) is 17.5. The molecule has 0 aliphatic carbocycles. The molecule has 1 aromatic rings. The van der Waals surface area contributed by atoms with Crippen molar-refractivity contribution in [3.05, 3.63) is 29.8 Å². The summed E-state index contributed by atoms with van der Waals surface area (Å²) in [6, 6.07) is 8.00. The summed E-state index contributed by atoms with van der Waals surface area (Å²) in [6.45, 7) is 4.93. The molecule has 1 aromatic carbocycles. The van der Waals surface area contributed by atoms with Crippen LogP contribution in [0.4, 0.5) is 0 Å². The minimum atomic E-state index is 0.152. The Kier molecular flexibility index (Phi) is 7.23. The molecule has 1 atom stereocenters. The first-order valence-electron chi connectivity index (χ1n) is 7.56. The van der Waals surface area contributed by atoms with Gasteiger partial charge in [-0.05, 0) is 36.5 Å². The highest BCUT2D eigenvalue weighted by Crippen LogP contribution is 2.14. The van der Waals surface area contributed by atoms with E-state index in [1.807, 2.05) is 31.3 Å². The van der Waals surface area contributed by atoms with Crippen LogP contribution < -0.4 is 10.5 Å². The normalized spacial score (nSPS) is 12.3. The van der Waals surface area contributed by atoms with Gasteiger partial charge in [-0.25, -0.2) is 0 Å². The molecule has 1 rings (SSSR count). The molecular formula is C17H28N2O2. The molecule has 21 heavy (non-hydrogen) atoms. The molecule has 0 saturated carbocycles. The molecule has 0 bridgehead atoms. The summed E-state index contributed by atoms with van der Waals surface area (Å²) in [5.41, 5.74) is 7.13. The van der Waals surface area contributed by atoms with Gasteiger partial charge in [0.1, 0.15) is 5.75 Å². The maximum atomic E-state index is 12.1. The zero-order valence-electron chi connectivity index (χ0n) is 13.6. The van der Waals surface area contributed by atoms with E-state index in [4.69, 9.17) is 10.5 Å². The molecule has 0 radical (unpaired) electrons. The Bertz CT molecular complexity index is 446. The first-order valence-corrected chi connectivity index (χ1v) is 7.56. The summed E-state index contributed by atoms with van der Waals surface area (Å²) in [5, 5.41) is 0. The van der Waals surface area contributed by atoms with E-state index >= 15 is 0 Å². The number of carbonyl (C=O) groups is 1. The third-order valence-electron chi connectivity index (χ3n) is 3.84. The summed E-state index contributed by atoms with van der Waals surface area (Å²) >= 11 is 0. The molecule has 0 aromatic heterocycles. The second-order valence-corrected chi connectivity index (χ2v) is 5.86. The van der Waals surface area contributed by atoms with Crippen molar-refractivity contribution in [2.75, 3.05) is 20.7 Å². The number of aryl methyl sites for hydroxylation is 1. The quantitative estimate of drug-likeness (QED) is 0.801. The Morgan fingerprint density at radius 3 is 2.71 bits per heavy atom. The van der Waals surface area contributed by atoms with Gasteiger partial charge in [0.2, 0.25) is 5.91 Å². The number of nitrogens with two attached hydrogens (primary N) is 1. The van der Waals surface area contributed by atoms with Gasteiger partial charge in [-0.15, -0.1) is 0 Å². The molecule has 0 spiro atoms. The van der Waals surface area contributed by atoms with Crippen molar-refractivity contribution in [1.29, 1.82) is 0 Å². The third-order valence-corrected chi connectivity index (χ3v) is 3.84. The molecule has 1 unspecified atom stereocenters. The summed E-state index contributed by atoms with van der Waals surface area (Å²) in [5.74, 6) is 1.44. The van der Waals surface area contributed by atoms with E-state index in [-0.39, 0.29) is 11.9 Å². The zero-order valence-corrected chi connectivity index (χ0v) is 13.6. The number of hydrogen-bond acceptors (Lipinski definition) is 3. The maximum Gasteiger partial charge on any atom is 0.222 e. The van der Waals surface area contributed by atoms with Gasteiger partial charge in [-0.1, -0.05) is 26.0 Å². The molecule has 4 heteroatoms. The molecule has 0 fully saturated rings. The van der Waals surface area contributed by atoms with Crippen LogP contribution in [-0.2, 0) is 11.2 Å². The first-order chi connectivity index (χ1) is 9.93. The second-order valence-electron chi connectivity index (χ2n) is 5.86. The molecule has 0 saturated heterocycles. The van der Waals surface area contributed by atoms with Crippen molar-refractivity contribution >= 4 is 5.91 Å². The number of nitrogens with zero attached hydrogens (tertiary/aromatic N) is 1. The number of benzene rings is 1. The van der Waals surface area contributed by atoms with Gasteiger partial charge >= 0.3 is 0 Å². The van der Waals surface area contributed by atoms with Crippen molar-refractivity contribution in [3.8, 4) is 5.75 Å². The molecule has 2 N–H and O–H groups in total. The van der Waals surface area contributed by atoms with Crippen LogP contribution in [0.15, 0.2) is 24.3 Å². The van der Waals surface area contributed by atoms with E-state index in [9.17, 15) is 4.79 Å². The summed E-state index contributed by atoms with van der Waals surface area (Å²) in [6.07, 6.45) is 2.09. The van der Waals surface area contributed by atoms with Crippen LogP contribution in [0, 0.1) is 5.92 Å². The predicted octanol–water partition coefficient (Wildman–Crippen LogP) is 2.46. The van der Waals surface area contributed by atoms with Gasteiger partial charge in [0.15, 0.2) is 0 Å². The lowest BCUT2D eigenvalue weighted by Gasteiger charge is -2.21. The van der Waals surface area contributed by atoms with Crippen molar-refractivity contribution in [2.24, 2.45) is 11.7 Å². The molecule has 0 aliphatic heterocycles. The molecule has 0 aliphatic rings. The van der Waals surface area contributed by atoms with E-state index in [0.717, 1.165) is 30.7 Å². The zero-order chi connectivity index (χ0) is 15.8. The standard InChI is InChI=1S/C17H28N2O2/c1-13(2)16(18)10-11-19(3)17(20)9-8-14-6-5-7-15(12-14)21-4/h5-7,12-13,16H,8-11,18H2,1-4H3. The van der Waals surface area contributed by atoms with Gasteiger partial charge in [-0.3, -0.25) is 4.79 Å². The highest BCUT2D eigenvalue weighted by Gasteiger charge is 2.12. The Morgan fingerprint density at radius 2 is 2.10 bits per heavy atom. The molecular weight excluding hydrogens is 264 g/mol.